The van der Waals surface area contributed by atoms with Gasteiger partial charge in [-0.2, -0.15) is 22.8 Å². The summed E-state index contributed by atoms with van der Waals surface area (Å²) in [6, 6.07) is 7.15. The van der Waals surface area contributed by atoms with Crippen molar-refractivity contribution in [3.8, 4) is 10.6 Å². The highest BCUT2D eigenvalue weighted by atomic mass is 79.9. The van der Waals surface area contributed by atoms with Gasteiger partial charge in [0.1, 0.15) is 5.01 Å². The molecule has 98 valence electrons. The highest BCUT2D eigenvalue weighted by Gasteiger charge is 2.38. The predicted molar refractivity (Wildman–Crippen MR) is 66.8 cm³/mol. The number of rotatable bonds is 1. The van der Waals surface area contributed by atoms with Crippen LogP contribution in [0.4, 0.5) is 13.2 Å². The van der Waals surface area contributed by atoms with Crippen LogP contribution in [0.2, 0.25) is 0 Å². The second-order valence-corrected chi connectivity index (χ2v) is 5.50. The maximum atomic E-state index is 12.7. The second-order valence-electron chi connectivity index (χ2n) is 3.63. The van der Waals surface area contributed by atoms with Crippen molar-refractivity contribution in [1.82, 2.24) is 19.8 Å². The van der Waals surface area contributed by atoms with Crippen molar-refractivity contribution in [2.24, 2.45) is 0 Å². The fourth-order valence-electron chi connectivity index (χ4n) is 1.53. The fraction of sp³-hybridized carbons (Fsp3) is 0.100. The Morgan fingerprint density at radius 3 is 2.68 bits per heavy atom. The lowest BCUT2D eigenvalue weighted by Gasteiger charge is -2.00. The molecule has 0 aliphatic carbocycles. The first-order chi connectivity index (χ1) is 8.95. The lowest BCUT2D eigenvalue weighted by molar-refractivity contribution is -0.146. The summed E-state index contributed by atoms with van der Waals surface area (Å²) in [5.41, 5.74) is 0.720. The van der Waals surface area contributed by atoms with Crippen LogP contribution in [-0.4, -0.2) is 19.8 Å². The molecular weight excluding hydrogens is 345 g/mol. The van der Waals surface area contributed by atoms with Gasteiger partial charge in [-0.3, -0.25) is 0 Å². The number of aromatic nitrogens is 4. The maximum absolute atomic E-state index is 12.7. The molecule has 0 saturated heterocycles. The predicted octanol–water partition coefficient (Wildman–Crippen LogP) is 3.63. The van der Waals surface area contributed by atoms with E-state index in [1.807, 2.05) is 6.07 Å². The van der Waals surface area contributed by atoms with Gasteiger partial charge in [0.25, 0.3) is 5.82 Å². The van der Waals surface area contributed by atoms with Gasteiger partial charge >= 0.3 is 6.18 Å². The quantitative estimate of drug-likeness (QED) is 0.674. The van der Waals surface area contributed by atoms with Gasteiger partial charge < -0.3 is 0 Å². The average Bonchev–Trinajstić information content (AvgIpc) is 2.85. The van der Waals surface area contributed by atoms with Crippen LogP contribution in [0.1, 0.15) is 5.82 Å². The Balaban J connectivity index is 2.15. The third-order valence-electron chi connectivity index (χ3n) is 2.32. The zero-order chi connectivity index (χ0) is 13.6. The van der Waals surface area contributed by atoms with Gasteiger partial charge in [0.05, 0.1) is 0 Å². The third-order valence-corrected chi connectivity index (χ3v) is 3.76. The van der Waals surface area contributed by atoms with E-state index < -0.39 is 12.0 Å². The summed E-state index contributed by atoms with van der Waals surface area (Å²) in [7, 11) is 0. The van der Waals surface area contributed by atoms with E-state index in [0.717, 1.165) is 25.9 Å². The van der Waals surface area contributed by atoms with Crippen LogP contribution in [0.15, 0.2) is 28.7 Å². The molecule has 3 aromatic rings. The van der Waals surface area contributed by atoms with Crippen molar-refractivity contribution < 1.29 is 13.2 Å². The average molecular weight is 349 g/mol. The fourth-order valence-corrected chi connectivity index (χ4v) is 2.77. The number of hydrogen-bond acceptors (Lipinski definition) is 4. The molecular formula is C10H4BrF3N4S. The van der Waals surface area contributed by atoms with Crippen molar-refractivity contribution in [1.29, 1.82) is 0 Å². The molecule has 2 aromatic heterocycles. The monoisotopic (exact) mass is 348 g/mol. The van der Waals surface area contributed by atoms with Gasteiger partial charge in [-0.1, -0.05) is 39.4 Å². The zero-order valence-electron chi connectivity index (χ0n) is 9.02. The Morgan fingerprint density at radius 1 is 1.21 bits per heavy atom. The Bertz CT molecular complexity index is 749. The molecule has 4 nitrogen and oxygen atoms in total. The molecule has 9 heteroatoms. The van der Waals surface area contributed by atoms with E-state index in [2.05, 4.69) is 31.2 Å². The van der Waals surface area contributed by atoms with Crippen molar-refractivity contribution in [3.63, 3.8) is 0 Å². The highest BCUT2D eigenvalue weighted by molar-refractivity contribution is 9.10. The van der Waals surface area contributed by atoms with Crippen LogP contribution in [0.25, 0.3) is 15.5 Å². The standard InChI is InChI=1S/C10H4BrF3N4S/c11-6-3-1-2-5(4-6)7-17-18-8(10(12,13)14)15-16-9(18)19-7/h1-4H. The molecule has 0 spiro atoms. The van der Waals surface area contributed by atoms with Crippen LogP contribution in [0, 0.1) is 0 Å². The van der Waals surface area contributed by atoms with Gasteiger partial charge in [0.15, 0.2) is 0 Å². The molecule has 0 unspecified atom stereocenters. The minimum Gasteiger partial charge on any atom is -0.178 e. The third kappa shape index (κ3) is 2.23. The number of alkyl halides is 3. The van der Waals surface area contributed by atoms with E-state index in [1.54, 1.807) is 18.2 Å². The van der Waals surface area contributed by atoms with Crippen LogP contribution >= 0.6 is 27.3 Å². The van der Waals surface area contributed by atoms with E-state index in [1.165, 1.54) is 0 Å². The summed E-state index contributed by atoms with van der Waals surface area (Å²) in [4.78, 5) is 0.113. The Kier molecular flexibility index (Phi) is 2.82. The first-order valence-electron chi connectivity index (χ1n) is 5.00. The molecule has 0 radical (unpaired) electrons. The molecule has 3 rings (SSSR count). The van der Waals surface area contributed by atoms with E-state index >= 15 is 0 Å². The van der Waals surface area contributed by atoms with Crippen LogP contribution in [0.3, 0.4) is 0 Å². The number of fused-ring (bicyclic) bond motifs is 1. The van der Waals surface area contributed by atoms with E-state index in [0.29, 0.717) is 5.01 Å². The van der Waals surface area contributed by atoms with Gasteiger partial charge in [0, 0.05) is 10.0 Å². The molecule has 19 heavy (non-hydrogen) atoms. The number of benzene rings is 1. The summed E-state index contributed by atoms with van der Waals surface area (Å²) < 4.78 is 39.5. The topological polar surface area (TPSA) is 43.1 Å². The Hall–Kier alpha value is -1.48. The minimum absolute atomic E-state index is 0.113. The summed E-state index contributed by atoms with van der Waals surface area (Å²) >= 11 is 4.36. The van der Waals surface area contributed by atoms with Crippen LogP contribution in [-0.2, 0) is 6.18 Å². The lowest BCUT2D eigenvalue weighted by atomic mass is 10.2. The van der Waals surface area contributed by atoms with E-state index in [4.69, 9.17) is 0 Å². The van der Waals surface area contributed by atoms with Crippen LogP contribution in [0.5, 0.6) is 0 Å². The highest BCUT2D eigenvalue weighted by Crippen LogP contribution is 2.32. The Morgan fingerprint density at radius 2 is 2.00 bits per heavy atom. The van der Waals surface area contributed by atoms with Crippen molar-refractivity contribution in [3.05, 3.63) is 34.6 Å². The molecule has 2 heterocycles. The maximum Gasteiger partial charge on any atom is 0.453 e. The normalized spacial score (nSPS) is 12.2. The second kappa shape index (κ2) is 4.27. The van der Waals surface area contributed by atoms with Crippen molar-refractivity contribution in [2.75, 3.05) is 0 Å². The first-order valence-corrected chi connectivity index (χ1v) is 6.61. The van der Waals surface area contributed by atoms with Crippen molar-refractivity contribution in [2.45, 2.75) is 6.18 Å². The summed E-state index contributed by atoms with van der Waals surface area (Å²) in [6.07, 6.45) is -4.57. The van der Waals surface area contributed by atoms with Gasteiger partial charge in [-0.25, -0.2) is 0 Å². The SMILES string of the molecule is FC(F)(F)c1nnc2sc(-c3cccc(Br)c3)nn12. The molecule has 0 fully saturated rings. The molecule has 0 N–H and O–H groups in total. The largest absolute Gasteiger partial charge is 0.453 e. The molecule has 0 amide bonds. The van der Waals surface area contributed by atoms with E-state index in [9.17, 15) is 13.2 Å². The molecule has 0 aliphatic heterocycles. The zero-order valence-corrected chi connectivity index (χ0v) is 11.4. The first kappa shape index (κ1) is 12.5. The van der Waals surface area contributed by atoms with E-state index in [-0.39, 0.29) is 4.96 Å². The van der Waals surface area contributed by atoms with Gasteiger partial charge in [0.2, 0.25) is 4.96 Å². The summed E-state index contributed by atoms with van der Waals surface area (Å²) in [5, 5.41) is 11.0. The summed E-state index contributed by atoms with van der Waals surface area (Å²) in [6.45, 7) is 0. The van der Waals surface area contributed by atoms with Crippen molar-refractivity contribution >= 4 is 32.2 Å². The molecule has 0 aliphatic rings. The smallest absolute Gasteiger partial charge is 0.178 e. The number of hydrogen-bond donors (Lipinski definition) is 0. The minimum atomic E-state index is -4.57. The molecule has 0 bridgehead atoms. The summed E-state index contributed by atoms with van der Waals surface area (Å²) in [5.74, 6) is -1.11. The molecule has 1 aromatic carbocycles. The molecule has 0 atom stereocenters. The van der Waals surface area contributed by atoms with Gasteiger partial charge in [-0.05, 0) is 12.1 Å². The van der Waals surface area contributed by atoms with Gasteiger partial charge in [-0.15, -0.1) is 10.2 Å². The molecule has 0 saturated carbocycles. The van der Waals surface area contributed by atoms with Crippen LogP contribution < -0.4 is 0 Å². The Labute approximate surface area is 117 Å². The lowest BCUT2D eigenvalue weighted by Crippen LogP contribution is -2.11. The number of nitrogens with zero attached hydrogens (tertiary/aromatic N) is 4. The number of halogens is 4.